The molecule has 1 aliphatic rings. The van der Waals surface area contributed by atoms with Crippen LogP contribution in [0.4, 0.5) is 0 Å². The van der Waals surface area contributed by atoms with Crippen molar-refractivity contribution in [3.05, 3.63) is 17.5 Å². The van der Waals surface area contributed by atoms with E-state index in [0.717, 1.165) is 30.0 Å². The Kier molecular flexibility index (Phi) is 3.33. The van der Waals surface area contributed by atoms with Crippen LogP contribution < -0.4 is 0 Å². The monoisotopic (exact) mass is 222 g/mol. The molecule has 2 rings (SSSR count). The van der Waals surface area contributed by atoms with Gasteiger partial charge in [-0.1, -0.05) is 19.8 Å². The van der Waals surface area contributed by atoms with Crippen molar-refractivity contribution in [2.75, 3.05) is 0 Å². The van der Waals surface area contributed by atoms with E-state index in [9.17, 15) is 5.11 Å². The second-order valence-corrected chi connectivity index (χ2v) is 5.27. The Hall–Kier alpha value is -0.830. The highest BCUT2D eigenvalue weighted by Crippen LogP contribution is 2.37. The highest BCUT2D eigenvalue weighted by atomic mass is 16.3. The summed E-state index contributed by atoms with van der Waals surface area (Å²) in [6.07, 6.45) is 6.30. The van der Waals surface area contributed by atoms with Gasteiger partial charge in [-0.3, -0.25) is 4.68 Å². The van der Waals surface area contributed by atoms with Gasteiger partial charge in [0, 0.05) is 18.3 Å². The van der Waals surface area contributed by atoms with Crippen LogP contribution in [-0.2, 0) is 7.05 Å². The molecule has 1 aliphatic carbocycles. The number of aromatic nitrogens is 2. The van der Waals surface area contributed by atoms with Crippen LogP contribution in [0.3, 0.4) is 0 Å². The molecule has 0 radical (unpaired) electrons. The van der Waals surface area contributed by atoms with Crippen molar-refractivity contribution < 1.29 is 5.11 Å². The largest absolute Gasteiger partial charge is 0.388 e. The number of hydrogen-bond acceptors (Lipinski definition) is 2. The molecule has 0 bridgehead atoms. The first-order chi connectivity index (χ1) is 7.59. The van der Waals surface area contributed by atoms with E-state index in [1.54, 1.807) is 0 Å². The quantitative estimate of drug-likeness (QED) is 0.835. The van der Waals surface area contributed by atoms with Gasteiger partial charge in [0.1, 0.15) is 0 Å². The third kappa shape index (κ3) is 2.14. The number of aryl methyl sites for hydroxylation is 1. The molecule has 0 aromatic carbocycles. The van der Waals surface area contributed by atoms with Crippen LogP contribution in [0.1, 0.15) is 50.0 Å². The Bertz CT molecular complexity index is 351. The topological polar surface area (TPSA) is 38.1 Å². The van der Waals surface area contributed by atoms with Crippen LogP contribution in [0.2, 0.25) is 0 Å². The molecule has 1 N–H and O–H groups in total. The van der Waals surface area contributed by atoms with E-state index < -0.39 is 0 Å². The van der Waals surface area contributed by atoms with Gasteiger partial charge < -0.3 is 5.11 Å². The van der Waals surface area contributed by atoms with Gasteiger partial charge in [-0.05, 0) is 31.6 Å². The summed E-state index contributed by atoms with van der Waals surface area (Å²) in [5, 5.41) is 14.6. The van der Waals surface area contributed by atoms with Gasteiger partial charge in [0.05, 0.1) is 12.3 Å². The molecule has 0 amide bonds. The number of nitrogens with zero attached hydrogens (tertiary/aromatic N) is 2. The first-order valence-electron chi connectivity index (χ1n) is 6.26. The average Bonchev–Trinajstić information content (AvgIpc) is 2.60. The predicted octanol–water partition coefficient (Wildman–Crippen LogP) is 2.59. The van der Waals surface area contributed by atoms with Gasteiger partial charge in [0.15, 0.2) is 0 Å². The molecule has 1 atom stereocenters. The van der Waals surface area contributed by atoms with Gasteiger partial charge in [0.2, 0.25) is 0 Å². The summed E-state index contributed by atoms with van der Waals surface area (Å²) >= 11 is 0. The smallest absolute Gasteiger partial charge is 0.0851 e. The first-order valence-corrected chi connectivity index (χ1v) is 6.26. The summed E-state index contributed by atoms with van der Waals surface area (Å²) in [5.41, 5.74) is 2.10. The molecule has 1 aromatic rings. The van der Waals surface area contributed by atoms with Gasteiger partial charge in [-0.25, -0.2) is 0 Å². The van der Waals surface area contributed by atoms with Crippen LogP contribution in [0, 0.1) is 18.8 Å². The van der Waals surface area contributed by atoms with Crippen molar-refractivity contribution in [3.8, 4) is 0 Å². The second kappa shape index (κ2) is 4.58. The van der Waals surface area contributed by atoms with Crippen LogP contribution in [-0.4, -0.2) is 14.9 Å². The summed E-state index contributed by atoms with van der Waals surface area (Å²) in [5.74, 6) is 1.26. The zero-order chi connectivity index (χ0) is 11.7. The maximum absolute atomic E-state index is 10.4. The predicted molar refractivity (Wildman–Crippen MR) is 64.0 cm³/mol. The maximum Gasteiger partial charge on any atom is 0.0851 e. The highest BCUT2D eigenvalue weighted by Gasteiger charge is 2.27. The molecule has 0 aliphatic heterocycles. The van der Waals surface area contributed by atoms with Gasteiger partial charge in [-0.2, -0.15) is 5.10 Å². The van der Waals surface area contributed by atoms with E-state index >= 15 is 0 Å². The normalized spacial score (nSPS) is 28.0. The Morgan fingerprint density at radius 2 is 2.00 bits per heavy atom. The number of aliphatic hydroxyl groups excluding tert-OH is 1. The zero-order valence-electron chi connectivity index (χ0n) is 10.5. The van der Waals surface area contributed by atoms with Crippen LogP contribution in [0.5, 0.6) is 0 Å². The van der Waals surface area contributed by atoms with Gasteiger partial charge in [0.25, 0.3) is 0 Å². The van der Waals surface area contributed by atoms with Crippen molar-refractivity contribution in [1.29, 1.82) is 0 Å². The zero-order valence-corrected chi connectivity index (χ0v) is 10.5. The van der Waals surface area contributed by atoms with Crippen LogP contribution >= 0.6 is 0 Å². The Morgan fingerprint density at radius 3 is 2.50 bits per heavy atom. The SMILES string of the molecule is Cc1c(C(O)C2CCC(C)CC2)cnn1C. The molecule has 3 heteroatoms. The molecule has 1 aromatic heterocycles. The van der Waals surface area contributed by atoms with E-state index in [2.05, 4.69) is 12.0 Å². The first kappa shape index (κ1) is 11.6. The summed E-state index contributed by atoms with van der Waals surface area (Å²) in [6.45, 7) is 4.33. The van der Waals surface area contributed by atoms with Crippen LogP contribution in [0.15, 0.2) is 6.20 Å². The third-order valence-corrected chi connectivity index (χ3v) is 4.10. The van der Waals surface area contributed by atoms with Crippen molar-refractivity contribution in [2.45, 2.75) is 45.6 Å². The molecular formula is C13H22N2O. The van der Waals surface area contributed by atoms with Crippen molar-refractivity contribution in [3.63, 3.8) is 0 Å². The summed E-state index contributed by atoms with van der Waals surface area (Å²) in [6, 6.07) is 0. The molecule has 0 spiro atoms. The van der Waals surface area contributed by atoms with Gasteiger partial charge >= 0.3 is 0 Å². The molecule has 3 nitrogen and oxygen atoms in total. The second-order valence-electron chi connectivity index (χ2n) is 5.27. The lowest BCUT2D eigenvalue weighted by Crippen LogP contribution is -2.19. The Balaban J connectivity index is 2.07. The standard InChI is InChI=1S/C13H22N2O/c1-9-4-6-11(7-5-9)13(16)12-8-14-15(3)10(12)2/h8-9,11,13,16H,4-7H2,1-3H3. The van der Waals surface area contributed by atoms with Crippen molar-refractivity contribution >= 4 is 0 Å². The highest BCUT2D eigenvalue weighted by molar-refractivity contribution is 5.19. The average molecular weight is 222 g/mol. The maximum atomic E-state index is 10.4. The number of rotatable bonds is 2. The number of hydrogen-bond donors (Lipinski definition) is 1. The van der Waals surface area contributed by atoms with Gasteiger partial charge in [-0.15, -0.1) is 0 Å². The summed E-state index contributed by atoms with van der Waals surface area (Å²) in [7, 11) is 1.93. The van der Waals surface area contributed by atoms with Crippen LogP contribution in [0.25, 0.3) is 0 Å². The summed E-state index contributed by atoms with van der Waals surface area (Å²) < 4.78 is 1.84. The molecule has 1 fully saturated rings. The Morgan fingerprint density at radius 1 is 1.38 bits per heavy atom. The minimum atomic E-state index is -0.318. The van der Waals surface area contributed by atoms with E-state index in [-0.39, 0.29) is 6.10 Å². The third-order valence-electron chi connectivity index (χ3n) is 4.10. The Labute approximate surface area is 97.5 Å². The van der Waals surface area contributed by atoms with Crippen molar-refractivity contribution in [2.24, 2.45) is 18.9 Å². The minimum absolute atomic E-state index is 0.318. The lowest BCUT2D eigenvalue weighted by molar-refractivity contribution is 0.0750. The molecule has 90 valence electrons. The molecular weight excluding hydrogens is 200 g/mol. The minimum Gasteiger partial charge on any atom is -0.388 e. The van der Waals surface area contributed by atoms with E-state index in [1.807, 2.05) is 24.9 Å². The van der Waals surface area contributed by atoms with E-state index in [0.29, 0.717) is 5.92 Å². The lowest BCUT2D eigenvalue weighted by Gasteiger charge is -2.29. The fourth-order valence-corrected chi connectivity index (χ4v) is 2.66. The summed E-state index contributed by atoms with van der Waals surface area (Å²) in [4.78, 5) is 0. The fourth-order valence-electron chi connectivity index (χ4n) is 2.66. The van der Waals surface area contributed by atoms with E-state index in [4.69, 9.17) is 0 Å². The lowest BCUT2D eigenvalue weighted by atomic mass is 9.78. The van der Waals surface area contributed by atoms with E-state index in [1.165, 1.54) is 12.8 Å². The number of aliphatic hydroxyl groups is 1. The molecule has 16 heavy (non-hydrogen) atoms. The molecule has 0 saturated heterocycles. The molecule has 1 heterocycles. The fraction of sp³-hybridized carbons (Fsp3) is 0.769. The van der Waals surface area contributed by atoms with Crippen molar-refractivity contribution in [1.82, 2.24) is 9.78 Å². The molecule has 1 unspecified atom stereocenters. The molecule has 1 saturated carbocycles.